The van der Waals surface area contributed by atoms with E-state index in [1.165, 1.54) is 0 Å². The van der Waals surface area contributed by atoms with Crippen molar-refractivity contribution in [2.75, 3.05) is 13.7 Å². The monoisotopic (exact) mass is 402 g/mol. The quantitative estimate of drug-likeness (QED) is 0.286. The molecule has 2 radical (unpaired) electrons. The molecule has 2 rings (SSSR count). The molecule has 0 spiro atoms. The number of hydrogen-bond donors (Lipinski definition) is 0. The predicted octanol–water partition coefficient (Wildman–Crippen LogP) is 6.47. The Morgan fingerprint density at radius 2 is 1.37 bits per heavy atom. The molecule has 30 heavy (non-hydrogen) atoms. The van der Waals surface area contributed by atoms with Crippen LogP contribution in [0.15, 0.2) is 67.8 Å². The standard InChI is InChI=1S/C17H17BO2.C10H18/c1-3-20-16-8-6-13(7-9-16)4-5-14-10-15(18)12-17(11-14)19-2;1-7-9(3,4)10(5,6)8-2/h4-12H,3H2,1-2H3;7-8H,1-2H2,3-6H3/b5-4+;. The highest BCUT2D eigenvalue weighted by molar-refractivity contribution is 6.32. The lowest BCUT2D eigenvalue weighted by Gasteiger charge is -2.36. The molecular formula is C27H35BO2. The summed E-state index contributed by atoms with van der Waals surface area (Å²) in [4.78, 5) is 0. The zero-order chi connectivity index (χ0) is 22.8. The van der Waals surface area contributed by atoms with Crippen LogP contribution in [0.1, 0.15) is 45.7 Å². The molecule has 0 bridgehead atoms. The second-order valence-corrected chi connectivity index (χ2v) is 8.23. The van der Waals surface area contributed by atoms with Gasteiger partial charge in [-0.05, 0) is 53.1 Å². The van der Waals surface area contributed by atoms with Gasteiger partial charge in [0.15, 0.2) is 0 Å². The average molecular weight is 402 g/mol. The van der Waals surface area contributed by atoms with Crippen LogP contribution < -0.4 is 14.9 Å². The fourth-order valence-electron chi connectivity index (χ4n) is 2.42. The Morgan fingerprint density at radius 3 is 1.83 bits per heavy atom. The van der Waals surface area contributed by atoms with Crippen molar-refractivity contribution < 1.29 is 9.47 Å². The highest BCUT2D eigenvalue weighted by Crippen LogP contribution is 2.39. The zero-order valence-corrected chi connectivity index (χ0v) is 19.4. The fraction of sp³-hybridized carbons (Fsp3) is 0.333. The molecule has 0 atom stereocenters. The van der Waals surface area contributed by atoms with Crippen molar-refractivity contribution in [2.24, 2.45) is 10.8 Å². The van der Waals surface area contributed by atoms with E-state index >= 15 is 0 Å². The van der Waals surface area contributed by atoms with Crippen molar-refractivity contribution in [2.45, 2.75) is 34.6 Å². The van der Waals surface area contributed by atoms with Crippen molar-refractivity contribution in [1.29, 1.82) is 0 Å². The van der Waals surface area contributed by atoms with Gasteiger partial charge in [-0.3, -0.25) is 0 Å². The molecule has 0 aliphatic heterocycles. The van der Waals surface area contributed by atoms with Crippen molar-refractivity contribution in [3.05, 3.63) is 78.9 Å². The van der Waals surface area contributed by atoms with Gasteiger partial charge in [0.05, 0.1) is 13.7 Å². The minimum Gasteiger partial charge on any atom is -0.497 e. The Hall–Kier alpha value is -2.68. The maximum absolute atomic E-state index is 5.83. The minimum atomic E-state index is 0.134. The topological polar surface area (TPSA) is 18.5 Å². The SMILES string of the molecule is C=CC(C)(C)C(C)(C)C=C.[B]c1cc(/C=C/c2ccc(OCC)cc2)cc(OC)c1. The molecule has 0 unspecified atom stereocenters. The first-order valence-electron chi connectivity index (χ1n) is 10.2. The van der Waals surface area contributed by atoms with Gasteiger partial charge in [0.2, 0.25) is 0 Å². The summed E-state index contributed by atoms with van der Waals surface area (Å²) in [6.07, 6.45) is 8.00. The lowest BCUT2D eigenvalue weighted by atomic mass is 9.68. The predicted molar refractivity (Wildman–Crippen MR) is 133 cm³/mol. The first-order chi connectivity index (χ1) is 14.1. The molecular weight excluding hydrogens is 367 g/mol. The molecule has 0 amide bonds. The molecule has 2 aromatic carbocycles. The molecule has 0 fully saturated rings. The van der Waals surface area contributed by atoms with Crippen molar-refractivity contribution in [3.8, 4) is 11.5 Å². The summed E-state index contributed by atoms with van der Waals surface area (Å²) in [7, 11) is 7.46. The summed E-state index contributed by atoms with van der Waals surface area (Å²) in [5, 5.41) is 0. The van der Waals surface area contributed by atoms with Gasteiger partial charge in [-0.1, -0.05) is 75.7 Å². The van der Waals surface area contributed by atoms with Gasteiger partial charge in [-0.25, -0.2) is 0 Å². The Balaban J connectivity index is 0.000000382. The molecule has 3 heteroatoms. The van der Waals surface area contributed by atoms with E-state index in [9.17, 15) is 0 Å². The van der Waals surface area contributed by atoms with E-state index in [4.69, 9.17) is 17.3 Å². The van der Waals surface area contributed by atoms with Crippen molar-refractivity contribution >= 4 is 25.5 Å². The normalized spacial score (nSPS) is 11.4. The largest absolute Gasteiger partial charge is 0.497 e. The van der Waals surface area contributed by atoms with Crippen LogP contribution in [-0.2, 0) is 0 Å². The lowest BCUT2D eigenvalue weighted by Crippen LogP contribution is -2.27. The van der Waals surface area contributed by atoms with Gasteiger partial charge in [0.25, 0.3) is 0 Å². The summed E-state index contributed by atoms with van der Waals surface area (Å²) in [6, 6.07) is 13.6. The Morgan fingerprint density at radius 1 is 0.833 bits per heavy atom. The summed E-state index contributed by atoms with van der Waals surface area (Å²) in [6.45, 7) is 18.9. The third-order valence-corrected chi connectivity index (χ3v) is 5.53. The van der Waals surface area contributed by atoms with Gasteiger partial charge in [-0.2, -0.15) is 0 Å². The van der Waals surface area contributed by atoms with E-state index in [0.717, 1.165) is 22.6 Å². The smallest absolute Gasteiger partial charge is 0.119 e. The third kappa shape index (κ3) is 7.63. The number of ether oxygens (including phenoxy) is 2. The molecule has 2 aromatic rings. The first kappa shape index (κ1) is 25.4. The lowest BCUT2D eigenvalue weighted by molar-refractivity contribution is 0.234. The third-order valence-electron chi connectivity index (χ3n) is 5.53. The van der Waals surface area contributed by atoms with E-state index in [1.807, 2.05) is 67.6 Å². The molecule has 0 aliphatic carbocycles. The molecule has 0 aromatic heterocycles. The first-order valence-corrected chi connectivity index (χ1v) is 10.2. The minimum absolute atomic E-state index is 0.134. The van der Waals surface area contributed by atoms with E-state index in [2.05, 4.69) is 40.9 Å². The number of allylic oxidation sites excluding steroid dienone is 2. The van der Waals surface area contributed by atoms with Crippen LogP contribution in [0.4, 0.5) is 0 Å². The summed E-state index contributed by atoms with van der Waals surface area (Å²) in [5.41, 5.74) is 3.07. The van der Waals surface area contributed by atoms with Crippen LogP contribution >= 0.6 is 0 Å². The molecule has 0 N–H and O–H groups in total. The second kappa shape index (κ2) is 11.5. The maximum Gasteiger partial charge on any atom is 0.119 e. The van der Waals surface area contributed by atoms with Crippen LogP contribution in [0.2, 0.25) is 0 Å². The number of rotatable bonds is 8. The second-order valence-electron chi connectivity index (χ2n) is 8.23. The molecule has 0 saturated heterocycles. The summed E-state index contributed by atoms with van der Waals surface area (Å²) < 4.78 is 10.6. The molecule has 0 aliphatic rings. The van der Waals surface area contributed by atoms with E-state index in [0.29, 0.717) is 12.1 Å². The van der Waals surface area contributed by atoms with Gasteiger partial charge in [-0.15, -0.1) is 13.2 Å². The molecule has 2 nitrogen and oxygen atoms in total. The van der Waals surface area contributed by atoms with Crippen LogP contribution in [-0.4, -0.2) is 21.6 Å². The van der Waals surface area contributed by atoms with Crippen LogP contribution in [0.25, 0.3) is 12.2 Å². The van der Waals surface area contributed by atoms with Crippen molar-refractivity contribution in [1.82, 2.24) is 0 Å². The Kier molecular flexibility index (Phi) is 9.72. The van der Waals surface area contributed by atoms with Crippen LogP contribution in [0.5, 0.6) is 11.5 Å². The van der Waals surface area contributed by atoms with Gasteiger partial charge in [0, 0.05) is 0 Å². The van der Waals surface area contributed by atoms with Gasteiger partial charge in [0.1, 0.15) is 19.3 Å². The Labute approximate surface area is 184 Å². The van der Waals surface area contributed by atoms with E-state index in [1.54, 1.807) is 13.2 Å². The molecule has 0 saturated carbocycles. The number of methoxy groups -OCH3 is 1. The molecule has 0 heterocycles. The summed E-state index contributed by atoms with van der Waals surface area (Å²) >= 11 is 0. The average Bonchev–Trinajstić information content (AvgIpc) is 2.73. The zero-order valence-electron chi connectivity index (χ0n) is 19.4. The van der Waals surface area contributed by atoms with Crippen LogP contribution in [0, 0.1) is 10.8 Å². The van der Waals surface area contributed by atoms with Gasteiger partial charge >= 0.3 is 0 Å². The highest BCUT2D eigenvalue weighted by atomic mass is 16.5. The molecule has 158 valence electrons. The van der Waals surface area contributed by atoms with Gasteiger partial charge < -0.3 is 9.47 Å². The van der Waals surface area contributed by atoms with Crippen molar-refractivity contribution in [3.63, 3.8) is 0 Å². The van der Waals surface area contributed by atoms with E-state index < -0.39 is 0 Å². The van der Waals surface area contributed by atoms with E-state index in [-0.39, 0.29) is 10.8 Å². The number of hydrogen-bond acceptors (Lipinski definition) is 2. The highest BCUT2D eigenvalue weighted by Gasteiger charge is 2.30. The Bertz CT molecular complexity index is 828. The summed E-state index contributed by atoms with van der Waals surface area (Å²) in [5.74, 6) is 1.65. The fourth-order valence-corrected chi connectivity index (χ4v) is 2.42. The van der Waals surface area contributed by atoms with Crippen LogP contribution in [0.3, 0.4) is 0 Å². The maximum atomic E-state index is 5.83. The number of benzene rings is 2.